The Morgan fingerprint density at radius 1 is 1.59 bits per heavy atom. The minimum atomic E-state index is 0.0494. The maximum Gasteiger partial charge on any atom is 0.230 e. The summed E-state index contributed by atoms with van der Waals surface area (Å²) in [4.78, 5) is 11.4. The number of fused-ring (bicyclic) bond motifs is 1. The summed E-state index contributed by atoms with van der Waals surface area (Å²) in [5.41, 5.74) is 2.58. The number of halogens is 1. The van der Waals surface area contributed by atoms with Crippen LogP contribution in [0.5, 0.6) is 5.75 Å². The molecule has 0 spiro atoms. The highest BCUT2D eigenvalue weighted by atomic mass is 79.9. The first-order valence-corrected chi connectivity index (χ1v) is 6.87. The molecule has 1 aliphatic rings. The van der Waals surface area contributed by atoms with Crippen LogP contribution in [0.25, 0.3) is 0 Å². The van der Waals surface area contributed by atoms with Gasteiger partial charge in [-0.25, -0.2) is 0 Å². The number of nitrogens with one attached hydrogen (secondary N) is 1. The van der Waals surface area contributed by atoms with E-state index < -0.39 is 0 Å². The zero-order chi connectivity index (χ0) is 12.3. The first-order chi connectivity index (χ1) is 8.24. The van der Waals surface area contributed by atoms with Gasteiger partial charge in [0.15, 0.2) is 0 Å². The van der Waals surface area contributed by atoms with Crippen molar-refractivity contribution in [1.29, 1.82) is 0 Å². The van der Waals surface area contributed by atoms with E-state index in [9.17, 15) is 4.79 Å². The minimum absolute atomic E-state index is 0.0494. The molecule has 1 unspecified atom stereocenters. The van der Waals surface area contributed by atoms with Crippen LogP contribution < -0.4 is 10.1 Å². The molecule has 2 rings (SSSR count). The summed E-state index contributed by atoms with van der Waals surface area (Å²) < 4.78 is 5.37. The Balaban J connectivity index is 2.14. The molecule has 1 aliphatic carbocycles. The molecule has 0 aromatic heterocycles. The number of alkyl halides is 1. The van der Waals surface area contributed by atoms with Gasteiger partial charge in [0, 0.05) is 6.04 Å². The Morgan fingerprint density at radius 3 is 3.12 bits per heavy atom. The molecule has 0 heterocycles. The summed E-state index contributed by atoms with van der Waals surface area (Å²) in [5.74, 6) is 0.980. The summed E-state index contributed by atoms with van der Waals surface area (Å²) >= 11 is 3.16. The number of carbonyl (C=O) groups is 1. The maximum absolute atomic E-state index is 11.4. The minimum Gasteiger partial charge on any atom is -0.496 e. The highest BCUT2D eigenvalue weighted by Gasteiger charge is 2.22. The normalized spacial score (nSPS) is 18.4. The van der Waals surface area contributed by atoms with Crippen LogP contribution in [0.15, 0.2) is 18.2 Å². The third kappa shape index (κ3) is 2.80. The van der Waals surface area contributed by atoms with Gasteiger partial charge in [0.2, 0.25) is 5.91 Å². The van der Waals surface area contributed by atoms with E-state index in [-0.39, 0.29) is 11.9 Å². The maximum atomic E-state index is 11.4. The van der Waals surface area contributed by atoms with Gasteiger partial charge in [0.1, 0.15) is 5.75 Å². The summed E-state index contributed by atoms with van der Waals surface area (Å²) in [7, 11) is 1.69. The van der Waals surface area contributed by atoms with Crippen LogP contribution in [0, 0.1) is 0 Å². The van der Waals surface area contributed by atoms with Gasteiger partial charge in [-0.3, -0.25) is 4.79 Å². The van der Waals surface area contributed by atoms with Crippen molar-refractivity contribution in [3.8, 4) is 5.75 Å². The summed E-state index contributed by atoms with van der Waals surface area (Å²) in [5, 5.41) is 3.38. The van der Waals surface area contributed by atoms with E-state index in [0.717, 1.165) is 25.0 Å². The quantitative estimate of drug-likeness (QED) is 0.868. The van der Waals surface area contributed by atoms with Crippen molar-refractivity contribution >= 4 is 21.8 Å². The first-order valence-electron chi connectivity index (χ1n) is 5.74. The van der Waals surface area contributed by atoms with Crippen LogP contribution in [-0.4, -0.2) is 24.4 Å². The largest absolute Gasteiger partial charge is 0.496 e. The average molecular weight is 298 g/mol. The second kappa shape index (κ2) is 5.54. The topological polar surface area (TPSA) is 38.3 Å². The Kier molecular flexibility index (Phi) is 4.05. The SMILES string of the molecule is COc1cccc2c1CC(NC(=O)CBr)CC2. The van der Waals surface area contributed by atoms with E-state index in [1.165, 1.54) is 11.1 Å². The molecule has 1 aromatic carbocycles. The Morgan fingerprint density at radius 2 is 2.41 bits per heavy atom. The zero-order valence-electron chi connectivity index (χ0n) is 9.83. The molecule has 0 fully saturated rings. The molecule has 1 N–H and O–H groups in total. The van der Waals surface area contributed by atoms with Crippen LogP contribution in [0.4, 0.5) is 0 Å². The number of amides is 1. The van der Waals surface area contributed by atoms with Crippen molar-refractivity contribution in [3.63, 3.8) is 0 Å². The lowest BCUT2D eigenvalue weighted by Crippen LogP contribution is -2.39. The molecule has 0 saturated heterocycles. The molecule has 3 nitrogen and oxygen atoms in total. The number of hydrogen-bond acceptors (Lipinski definition) is 2. The molecule has 92 valence electrons. The summed E-state index contributed by atoms with van der Waals surface area (Å²) in [6, 6.07) is 6.37. The van der Waals surface area contributed by atoms with Gasteiger partial charge in [-0.05, 0) is 36.5 Å². The van der Waals surface area contributed by atoms with Crippen LogP contribution >= 0.6 is 15.9 Å². The average Bonchev–Trinajstić information content (AvgIpc) is 2.37. The van der Waals surface area contributed by atoms with Crippen LogP contribution in [-0.2, 0) is 17.6 Å². The van der Waals surface area contributed by atoms with Gasteiger partial charge in [-0.2, -0.15) is 0 Å². The van der Waals surface area contributed by atoms with Crippen LogP contribution in [0.1, 0.15) is 17.5 Å². The molecule has 0 bridgehead atoms. The fourth-order valence-corrected chi connectivity index (χ4v) is 2.50. The number of ether oxygens (including phenoxy) is 1. The van der Waals surface area contributed by atoms with Gasteiger partial charge in [-0.15, -0.1) is 0 Å². The second-order valence-electron chi connectivity index (χ2n) is 4.24. The van der Waals surface area contributed by atoms with E-state index in [1.807, 2.05) is 12.1 Å². The smallest absolute Gasteiger partial charge is 0.230 e. The molecule has 4 heteroatoms. The highest BCUT2D eigenvalue weighted by Crippen LogP contribution is 2.29. The second-order valence-corrected chi connectivity index (χ2v) is 4.80. The fraction of sp³-hybridized carbons (Fsp3) is 0.462. The zero-order valence-corrected chi connectivity index (χ0v) is 11.4. The van der Waals surface area contributed by atoms with Crippen molar-refractivity contribution in [2.45, 2.75) is 25.3 Å². The van der Waals surface area contributed by atoms with E-state index in [4.69, 9.17) is 4.74 Å². The number of methoxy groups -OCH3 is 1. The molecular formula is C13H16BrNO2. The molecule has 0 saturated carbocycles. The Hall–Kier alpha value is -1.03. The van der Waals surface area contributed by atoms with Crippen LogP contribution in [0.3, 0.4) is 0 Å². The third-order valence-electron chi connectivity index (χ3n) is 3.15. The fourth-order valence-electron chi connectivity index (χ4n) is 2.34. The molecule has 17 heavy (non-hydrogen) atoms. The lowest BCUT2D eigenvalue weighted by molar-refractivity contribution is -0.119. The predicted octanol–water partition coefficient (Wildman–Crippen LogP) is 2.06. The van der Waals surface area contributed by atoms with Gasteiger partial charge < -0.3 is 10.1 Å². The van der Waals surface area contributed by atoms with E-state index in [0.29, 0.717) is 5.33 Å². The van der Waals surface area contributed by atoms with Crippen molar-refractivity contribution < 1.29 is 9.53 Å². The number of carbonyl (C=O) groups excluding carboxylic acids is 1. The van der Waals surface area contributed by atoms with Gasteiger partial charge in [0.05, 0.1) is 12.4 Å². The van der Waals surface area contributed by atoms with E-state index in [2.05, 4.69) is 27.3 Å². The third-order valence-corrected chi connectivity index (χ3v) is 3.66. The van der Waals surface area contributed by atoms with E-state index in [1.54, 1.807) is 7.11 Å². The van der Waals surface area contributed by atoms with E-state index >= 15 is 0 Å². The van der Waals surface area contributed by atoms with Crippen molar-refractivity contribution in [2.75, 3.05) is 12.4 Å². The van der Waals surface area contributed by atoms with Crippen molar-refractivity contribution in [1.82, 2.24) is 5.32 Å². The standard InChI is InChI=1S/C13H16BrNO2/c1-17-12-4-2-3-9-5-6-10(7-11(9)12)15-13(16)8-14/h2-4,10H,5-8H2,1H3,(H,15,16). The lowest BCUT2D eigenvalue weighted by atomic mass is 9.87. The van der Waals surface area contributed by atoms with Gasteiger partial charge in [-0.1, -0.05) is 28.1 Å². The predicted molar refractivity (Wildman–Crippen MR) is 70.7 cm³/mol. The van der Waals surface area contributed by atoms with Crippen LogP contribution in [0.2, 0.25) is 0 Å². The number of benzene rings is 1. The van der Waals surface area contributed by atoms with Gasteiger partial charge in [0.25, 0.3) is 0 Å². The summed E-state index contributed by atoms with van der Waals surface area (Å²) in [6.07, 6.45) is 2.86. The Labute approximate surface area is 110 Å². The number of rotatable bonds is 3. The molecule has 0 radical (unpaired) electrons. The molecule has 1 amide bonds. The van der Waals surface area contributed by atoms with Crippen molar-refractivity contribution in [2.24, 2.45) is 0 Å². The van der Waals surface area contributed by atoms with Gasteiger partial charge >= 0.3 is 0 Å². The molecule has 1 aromatic rings. The summed E-state index contributed by atoms with van der Waals surface area (Å²) in [6.45, 7) is 0. The lowest BCUT2D eigenvalue weighted by Gasteiger charge is -2.26. The number of aryl methyl sites for hydroxylation is 1. The number of hydrogen-bond donors (Lipinski definition) is 1. The van der Waals surface area contributed by atoms with Crippen molar-refractivity contribution in [3.05, 3.63) is 29.3 Å². The molecular weight excluding hydrogens is 282 g/mol. The first kappa shape index (κ1) is 12.4. The Bertz CT molecular complexity index is 406. The highest BCUT2D eigenvalue weighted by molar-refractivity contribution is 9.09. The monoisotopic (exact) mass is 297 g/mol. The molecule has 0 aliphatic heterocycles. The molecule has 1 atom stereocenters.